The van der Waals surface area contributed by atoms with Crippen LogP contribution in [0, 0.1) is 0 Å². The third-order valence-corrected chi connectivity index (χ3v) is 0.456. The molecule has 72 valence electrons. The Morgan fingerprint density at radius 3 is 2.42 bits per heavy atom. The van der Waals surface area contributed by atoms with E-state index in [0.29, 0.717) is 5.84 Å². The lowest BCUT2D eigenvalue weighted by Gasteiger charge is -2.00. The van der Waals surface area contributed by atoms with E-state index in [2.05, 4.69) is 4.74 Å². The van der Waals surface area contributed by atoms with E-state index in [9.17, 15) is 9.90 Å². The normalized spacial score (nSPS) is 8.17. The number of nitrogens with two attached hydrogens (primary N) is 2. The SMILES string of the molecule is CC(N)=[NH2+].O=C([O-])COCCO. The zero-order valence-corrected chi connectivity index (χ0v) is 6.95. The molecule has 0 spiro atoms. The van der Waals surface area contributed by atoms with E-state index >= 15 is 0 Å². The van der Waals surface area contributed by atoms with Crippen LogP contribution in [0.2, 0.25) is 0 Å². The summed E-state index contributed by atoms with van der Waals surface area (Å²) in [6.07, 6.45) is 0. The van der Waals surface area contributed by atoms with Crippen LogP contribution in [-0.4, -0.2) is 36.7 Å². The Bertz CT molecular complexity index is 134. The fraction of sp³-hybridized carbons (Fsp3) is 0.667. The van der Waals surface area contributed by atoms with Crippen molar-refractivity contribution >= 4 is 11.8 Å². The summed E-state index contributed by atoms with van der Waals surface area (Å²) in [5.41, 5.74) is 4.81. The molecule has 0 radical (unpaired) electrons. The van der Waals surface area contributed by atoms with Gasteiger partial charge in [-0.25, -0.2) is 0 Å². The predicted molar refractivity (Wildman–Crippen MR) is 39.7 cm³/mol. The van der Waals surface area contributed by atoms with Crippen molar-refractivity contribution in [3.8, 4) is 0 Å². The maximum absolute atomic E-state index is 9.56. The van der Waals surface area contributed by atoms with Crippen molar-refractivity contribution in [3.05, 3.63) is 0 Å². The van der Waals surface area contributed by atoms with Gasteiger partial charge in [-0.2, -0.15) is 0 Å². The minimum Gasteiger partial charge on any atom is -0.548 e. The summed E-state index contributed by atoms with van der Waals surface area (Å²) in [4.78, 5) is 9.56. The first kappa shape index (κ1) is 13.4. The van der Waals surface area contributed by atoms with Crippen molar-refractivity contribution in [2.75, 3.05) is 19.8 Å². The number of rotatable bonds is 4. The zero-order chi connectivity index (χ0) is 9.98. The van der Waals surface area contributed by atoms with Gasteiger partial charge in [0.05, 0.1) is 25.8 Å². The Morgan fingerprint density at radius 2 is 2.17 bits per heavy atom. The monoisotopic (exact) mass is 178 g/mol. The molecule has 0 saturated carbocycles. The van der Waals surface area contributed by atoms with Crippen LogP contribution in [0.4, 0.5) is 0 Å². The number of amidine groups is 1. The Kier molecular flexibility index (Phi) is 11.1. The van der Waals surface area contributed by atoms with Crippen LogP contribution in [0.3, 0.4) is 0 Å². The Hall–Kier alpha value is -1.14. The molecule has 0 amide bonds. The second-order valence-corrected chi connectivity index (χ2v) is 1.89. The van der Waals surface area contributed by atoms with Crippen molar-refractivity contribution in [1.29, 1.82) is 0 Å². The van der Waals surface area contributed by atoms with Gasteiger partial charge < -0.3 is 19.7 Å². The molecule has 0 aromatic heterocycles. The van der Waals surface area contributed by atoms with E-state index in [0.717, 1.165) is 0 Å². The zero-order valence-electron chi connectivity index (χ0n) is 6.95. The molecular weight excluding hydrogens is 164 g/mol. The van der Waals surface area contributed by atoms with E-state index < -0.39 is 12.6 Å². The number of carbonyl (C=O) groups excluding carboxylic acids is 1. The van der Waals surface area contributed by atoms with Gasteiger partial charge in [0.25, 0.3) is 0 Å². The largest absolute Gasteiger partial charge is 0.548 e. The summed E-state index contributed by atoms with van der Waals surface area (Å²) >= 11 is 0. The topological polar surface area (TPSA) is 121 Å². The molecule has 0 saturated heterocycles. The third-order valence-electron chi connectivity index (χ3n) is 0.456. The molecule has 5 N–H and O–H groups in total. The average Bonchev–Trinajstić information content (AvgIpc) is 1.86. The first-order valence-corrected chi connectivity index (χ1v) is 3.23. The Morgan fingerprint density at radius 1 is 1.75 bits per heavy atom. The van der Waals surface area contributed by atoms with Gasteiger partial charge in [0.1, 0.15) is 0 Å². The summed E-state index contributed by atoms with van der Waals surface area (Å²) in [5, 5.41) is 22.4. The third kappa shape index (κ3) is 36.7. The summed E-state index contributed by atoms with van der Waals surface area (Å²) in [6, 6.07) is 0. The van der Waals surface area contributed by atoms with Crippen LogP contribution in [0.15, 0.2) is 0 Å². The lowest BCUT2D eigenvalue weighted by molar-refractivity contribution is -0.309. The van der Waals surface area contributed by atoms with Gasteiger partial charge in [-0.05, 0) is 0 Å². The minimum atomic E-state index is -1.27. The van der Waals surface area contributed by atoms with E-state index in [-0.39, 0.29) is 13.2 Å². The van der Waals surface area contributed by atoms with Gasteiger partial charge in [-0.15, -0.1) is 0 Å². The highest BCUT2D eigenvalue weighted by atomic mass is 16.5. The first-order chi connectivity index (χ1) is 5.50. The number of hydrogen-bond donors (Lipinski definition) is 3. The van der Waals surface area contributed by atoms with E-state index in [4.69, 9.17) is 16.2 Å². The number of carboxylic acid groups (broad SMARTS) is 1. The van der Waals surface area contributed by atoms with E-state index in [1.54, 1.807) is 6.92 Å². The molecule has 0 aromatic carbocycles. The molecular formula is C6H14N2O4. The lowest BCUT2D eigenvalue weighted by Crippen LogP contribution is -2.43. The lowest BCUT2D eigenvalue weighted by atomic mass is 10.7. The number of hydrogen-bond acceptors (Lipinski definition) is 4. The molecule has 0 aliphatic rings. The van der Waals surface area contributed by atoms with Gasteiger partial charge in [-0.3, -0.25) is 11.1 Å². The number of aliphatic hydroxyl groups excluding tert-OH is 1. The second-order valence-electron chi connectivity index (χ2n) is 1.89. The summed E-state index contributed by atoms with van der Waals surface area (Å²) < 4.78 is 4.33. The van der Waals surface area contributed by atoms with Crippen molar-refractivity contribution in [2.24, 2.45) is 5.73 Å². The summed E-state index contributed by atoms with van der Waals surface area (Å²) in [6.45, 7) is 1.09. The van der Waals surface area contributed by atoms with E-state index in [1.165, 1.54) is 0 Å². The van der Waals surface area contributed by atoms with Crippen molar-refractivity contribution in [3.63, 3.8) is 0 Å². The number of ether oxygens (including phenoxy) is 1. The van der Waals surface area contributed by atoms with Crippen molar-refractivity contribution in [1.82, 2.24) is 0 Å². The molecule has 0 unspecified atom stereocenters. The number of carboxylic acids is 1. The van der Waals surface area contributed by atoms with Gasteiger partial charge in [-0.1, -0.05) is 0 Å². The fourth-order valence-corrected chi connectivity index (χ4v) is 0.220. The van der Waals surface area contributed by atoms with Gasteiger partial charge in [0.2, 0.25) is 5.84 Å². The molecule has 0 rings (SSSR count). The Labute approximate surface area is 70.5 Å². The highest BCUT2D eigenvalue weighted by Gasteiger charge is 1.83. The number of carbonyl (C=O) groups is 1. The second kappa shape index (κ2) is 9.86. The first-order valence-electron chi connectivity index (χ1n) is 3.23. The number of aliphatic carboxylic acids is 1. The maximum atomic E-state index is 9.56. The van der Waals surface area contributed by atoms with Crippen LogP contribution in [0.25, 0.3) is 0 Å². The quantitative estimate of drug-likeness (QED) is 0.229. The van der Waals surface area contributed by atoms with Crippen molar-refractivity contribution in [2.45, 2.75) is 6.92 Å². The summed E-state index contributed by atoms with van der Waals surface area (Å²) in [7, 11) is 0. The van der Waals surface area contributed by atoms with Crippen LogP contribution in [-0.2, 0) is 9.53 Å². The maximum Gasteiger partial charge on any atom is 0.235 e. The fourth-order valence-electron chi connectivity index (χ4n) is 0.220. The predicted octanol–water partition coefficient (Wildman–Crippen LogP) is -4.13. The highest BCUT2D eigenvalue weighted by Crippen LogP contribution is 1.68. The van der Waals surface area contributed by atoms with Crippen LogP contribution >= 0.6 is 0 Å². The van der Waals surface area contributed by atoms with Gasteiger partial charge >= 0.3 is 0 Å². The molecule has 0 aliphatic carbocycles. The molecule has 0 aromatic rings. The highest BCUT2D eigenvalue weighted by molar-refractivity contribution is 5.70. The van der Waals surface area contributed by atoms with E-state index in [1.807, 2.05) is 0 Å². The standard InChI is InChI=1S/C4H8O4.C2H6N2/c5-1-2-8-3-4(6)7;1-2(3)4/h5H,1-3H2,(H,6,7);1H3,(H3,3,4). The molecule has 6 heteroatoms. The molecule has 0 heterocycles. The van der Waals surface area contributed by atoms with Crippen LogP contribution in [0.1, 0.15) is 6.92 Å². The molecule has 0 aliphatic heterocycles. The molecule has 0 atom stereocenters. The van der Waals surface area contributed by atoms with Crippen LogP contribution < -0.4 is 16.2 Å². The smallest absolute Gasteiger partial charge is 0.235 e. The Balaban J connectivity index is 0. The molecule has 6 nitrogen and oxygen atoms in total. The van der Waals surface area contributed by atoms with Gasteiger partial charge in [0, 0.05) is 6.92 Å². The van der Waals surface area contributed by atoms with Gasteiger partial charge in [0.15, 0.2) is 0 Å². The minimum absolute atomic E-state index is 0.0496. The summed E-state index contributed by atoms with van der Waals surface area (Å²) in [5.74, 6) is -0.849. The molecule has 0 fully saturated rings. The molecule has 12 heavy (non-hydrogen) atoms. The van der Waals surface area contributed by atoms with Crippen molar-refractivity contribution < 1.29 is 25.2 Å². The van der Waals surface area contributed by atoms with Crippen LogP contribution in [0.5, 0.6) is 0 Å². The average molecular weight is 178 g/mol. The number of aliphatic hydroxyl groups is 1. The molecule has 0 bridgehead atoms.